The molecule has 0 aromatic carbocycles. The van der Waals surface area contributed by atoms with Crippen LogP contribution in [0.15, 0.2) is 0 Å². The SMILES string of the molecule is C[C@H](N)[C@H]1OCC(O)(OC2C(O)[C@H](N)CC(N)[C@H]2O[C@H]2OC([C@@H](C)O)[C@@H](O)C(O)C2N)C1O. The number of hydrogen-bond acceptors (Lipinski definition) is 14. The maximum Gasteiger partial charge on any atom is 0.219 e. The van der Waals surface area contributed by atoms with Crippen LogP contribution in [0.1, 0.15) is 20.3 Å². The van der Waals surface area contributed by atoms with Crippen molar-refractivity contribution in [1.29, 1.82) is 0 Å². The Hall–Kier alpha value is -0.560. The molecule has 0 aromatic heterocycles. The third-order valence-corrected chi connectivity index (χ3v) is 6.63. The summed E-state index contributed by atoms with van der Waals surface area (Å²) in [6, 6.07) is -3.52. The summed E-state index contributed by atoms with van der Waals surface area (Å²) in [6.07, 6.45) is -12.9. The van der Waals surface area contributed by atoms with Gasteiger partial charge < -0.3 is 72.5 Å². The zero-order valence-corrected chi connectivity index (χ0v) is 18.6. The van der Waals surface area contributed by atoms with E-state index in [9.17, 15) is 30.6 Å². The highest BCUT2D eigenvalue weighted by molar-refractivity contribution is 5.03. The van der Waals surface area contributed by atoms with Crippen LogP contribution in [0.5, 0.6) is 0 Å². The predicted molar refractivity (Wildman–Crippen MR) is 111 cm³/mol. The van der Waals surface area contributed by atoms with E-state index in [1.54, 1.807) is 6.92 Å². The van der Waals surface area contributed by atoms with Gasteiger partial charge in [0.1, 0.15) is 49.3 Å². The average Bonchev–Trinajstić information content (AvgIpc) is 3.03. The molecule has 3 aliphatic rings. The first kappa shape index (κ1) is 27.0. The zero-order chi connectivity index (χ0) is 24.8. The molecule has 0 aromatic rings. The lowest BCUT2D eigenvalue weighted by atomic mass is 9.84. The van der Waals surface area contributed by atoms with E-state index in [0.717, 1.165) is 0 Å². The number of aliphatic hydroxyl groups excluding tert-OH is 5. The molecule has 194 valence electrons. The molecule has 0 spiro atoms. The summed E-state index contributed by atoms with van der Waals surface area (Å²) in [7, 11) is 0. The molecule has 0 radical (unpaired) electrons. The highest BCUT2D eigenvalue weighted by Crippen LogP contribution is 2.35. The maximum atomic E-state index is 10.9. The Bertz CT molecular complexity index is 662. The molecule has 14 nitrogen and oxygen atoms in total. The van der Waals surface area contributed by atoms with Crippen molar-refractivity contribution in [2.24, 2.45) is 22.9 Å². The lowest BCUT2D eigenvalue weighted by Gasteiger charge is -2.48. The van der Waals surface area contributed by atoms with Gasteiger partial charge in [0, 0.05) is 18.1 Å². The lowest BCUT2D eigenvalue weighted by molar-refractivity contribution is -0.333. The van der Waals surface area contributed by atoms with E-state index < -0.39 is 97.8 Å². The van der Waals surface area contributed by atoms with Crippen molar-refractivity contribution in [1.82, 2.24) is 0 Å². The fourth-order valence-electron chi connectivity index (χ4n) is 4.60. The second kappa shape index (κ2) is 10.2. The summed E-state index contributed by atoms with van der Waals surface area (Å²) >= 11 is 0. The van der Waals surface area contributed by atoms with E-state index in [0.29, 0.717) is 0 Å². The highest BCUT2D eigenvalue weighted by atomic mass is 16.7. The highest BCUT2D eigenvalue weighted by Gasteiger charge is 2.56. The van der Waals surface area contributed by atoms with Gasteiger partial charge in [-0.2, -0.15) is 0 Å². The van der Waals surface area contributed by atoms with E-state index >= 15 is 0 Å². The monoisotopic (exact) mass is 482 g/mol. The van der Waals surface area contributed by atoms with Gasteiger partial charge in [-0.3, -0.25) is 0 Å². The van der Waals surface area contributed by atoms with Crippen LogP contribution in [-0.2, 0) is 18.9 Å². The molecular formula is C19H38N4O10. The molecule has 2 saturated heterocycles. The first-order valence-electron chi connectivity index (χ1n) is 11.0. The molecule has 1 saturated carbocycles. The van der Waals surface area contributed by atoms with Crippen molar-refractivity contribution in [3.63, 3.8) is 0 Å². The minimum atomic E-state index is -2.24. The number of nitrogens with two attached hydrogens (primary N) is 4. The number of ether oxygens (including phenoxy) is 4. The van der Waals surface area contributed by atoms with Gasteiger partial charge in [-0.15, -0.1) is 0 Å². The summed E-state index contributed by atoms with van der Waals surface area (Å²) in [5.41, 5.74) is 24.0. The summed E-state index contributed by atoms with van der Waals surface area (Å²) < 4.78 is 22.6. The Kier molecular flexibility index (Phi) is 8.36. The van der Waals surface area contributed by atoms with Crippen LogP contribution in [0.4, 0.5) is 0 Å². The van der Waals surface area contributed by atoms with Gasteiger partial charge in [0.15, 0.2) is 6.29 Å². The van der Waals surface area contributed by atoms with Crippen molar-refractivity contribution in [2.45, 2.75) is 111 Å². The minimum absolute atomic E-state index is 0.110. The Morgan fingerprint density at radius 2 is 1.58 bits per heavy atom. The fraction of sp³-hybridized carbons (Fsp3) is 1.00. The molecule has 3 rings (SSSR count). The minimum Gasteiger partial charge on any atom is -0.391 e. The second-order valence-corrected chi connectivity index (χ2v) is 9.43. The van der Waals surface area contributed by atoms with Crippen LogP contribution >= 0.6 is 0 Å². The Balaban J connectivity index is 1.83. The van der Waals surface area contributed by atoms with Crippen LogP contribution in [0, 0.1) is 0 Å². The molecule has 33 heavy (non-hydrogen) atoms. The molecule has 14 N–H and O–H groups in total. The van der Waals surface area contributed by atoms with Crippen molar-refractivity contribution in [3.8, 4) is 0 Å². The van der Waals surface area contributed by atoms with Gasteiger partial charge in [-0.25, -0.2) is 0 Å². The lowest BCUT2D eigenvalue weighted by Crippen LogP contribution is -2.69. The molecule has 8 unspecified atom stereocenters. The summed E-state index contributed by atoms with van der Waals surface area (Å²) in [6.45, 7) is 2.52. The number of rotatable bonds is 6. The van der Waals surface area contributed by atoms with Crippen LogP contribution in [0.25, 0.3) is 0 Å². The van der Waals surface area contributed by atoms with E-state index in [1.165, 1.54) is 6.92 Å². The Morgan fingerprint density at radius 3 is 2.12 bits per heavy atom. The van der Waals surface area contributed by atoms with Gasteiger partial charge in [0.2, 0.25) is 5.79 Å². The molecule has 2 heterocycles. The van der Waals surface area contributed by atoms with E-state index in [4.69, 9.17) is 41.9 Å². The first-order valence-corrected chi connectivity index (χ1v) is 11.0. The van der Waals surface area contributed by atoms with Crippen molar-refractivity contribution in [3.05, 3.63) is 0 Å². The third-order valence-electron chi connectivity index (χ3n) is 6.63. The summed E-state index contributed by atoms with van der Waals surface area (Å²) in [5.74, 6) is -2.24. The van der Waals surface area contributed by atoms with E-state index in [2.05, 4.69) is 0 Å². The standard InChI is InChI=1S/C19H38N4O10/c1-5(20)13-17(28)19(29,4-30-13)33-16-10(25)7(21)3-8(22)15(16)32-18-9(23)11(26)12(27)14(31-18)6(2)24/h5-18,24-29H,3-4,20-23H2,1-2H3/t5-,6+,7+,8?,9?,10?,11?,12-,13+,14?,15+,16?,17?,18+,19?/m0/s1. The summed E-state index contributed by atoms with van der Waals surface area (Å²) in [5, 5.41) is 62.5. The van der Waals surface area contributed by atoms with Crippen LogP contribution in [-0.4, -0.2) is 128 Å². The first-order chi connectivity index (χ1) is 15.3. The second-order valence-electron chi connectivity index (χ2n) is 9.43. The van der Waals surface area contributed by atoms with E-state index in [1.807, 2.05) is 0 Å². The van der Waals surface area contributed by atoms with Crippen molar-refractivity contribution >= 4 is 0 Å². The van der Waals surface area contributed by atoms with Crippen molar-refractivity contribution in [2.75, 3.05) is 6.61 Å². The van der Waals surface area contributed by atoms with Gasteiger partial charge >= 0.3 is 0 Å². The summed E-state index contributed by atoms with van der Waals surface area (Å²) in [4.78, 5) is 0. The molecule has 0 amide bonds. The number of hydrogen-bond donors (Lipinski definition) is 10. The quantitative estimate of drug-likeness (QED) is 0.158. The van der Waals surface area contributed by atoms with Crippen LogP contribution in [0.3, 0.4) is 0 Å². The molecule has 14 heteroatoms. The van der Waals surface area contributed by atoms with Gasteiger partial charge in [0.05, 0.1) is 18.2 Å². The molecule has 1 aliphatic carbocycles. The topological polar surface area (TPSA) is 262 Å². The average molecular weight is 483 g/mol. The van der Waals surface area contributed by atoms with Crippen LogP contribution < -0.4 is 22.9 Å². The number of aliphatic hydroxyl groups is 6. The van der Waals surface area contributed by atoms with Crippen LogP contribution in [0.2, 0.25) is 0 Å². The maximum absolute atomic E-state index is 10.9. The van der Waals surface area contributed by atoms with E-state index in [-0.39, 0.29) is 6.42 Å². The largest absolute Gasteiger partial charge is 0.391 e. The van der Waals surface area contributed by atoms with Gasteiger partial charge in [0.25, 0.3) is 0 Å². The molecule has 3 fully saturated rings. The molecule has 15 atom stereocenters. The Labute approximate surface area is 191 Å². The fourth-order valence-corrected chi connectivity index (χ4v) is 4.60. The Morgan fingerprint density at radius 1 is 0.939 bits per heavy atom. The van der Waals surface area contributed by atoms with Crippen molar-refractivity contribution < 1.29 is 49.6 Å². The predicted octanol–water partition coefficient (Wildman–Crippen LogP) is -5.87. The van der Waals surface area contributed by atoms with Gasteiger partial charge in [-0.05, 0) is 20.3 Å². The zero-order valence-electron chi connectivity index (χ0n) is 18.6. The smallest absolute Gasteiger partial charge is 0.219 e. The molecule has 2 aliphatic heterocycles. The van der Waals surface area contributed by atoms with Gasteiger partial charge in [-0.1, -0.05) is 0 Å². The third kappa shape index (κ3) is 5.19. The molecule has 0 bridgehead atoms. The molecular weight excluding hydrogens is 444 g/mol. The normalized spacial score (nSPS) is 53.1.